The fourth-order valence-corrected chi connectivity index (χ4v) is 4.18. The average Bonchev–Trinajstić information content (AvgIpc) is 2.52. The first-order valence-electron chi connectivity index (χ1n) is 8.52. The summed E-state index contributed by atoms with van der Waals surface area (Å²) in [7, 11) is 2.24. The number of likely N-dealkylation sites (tertiary alicyclic amines) is 2. The van der Waals surface area contributed by atoms with Crippen molar-refractivity contribution in [3.05, 3.63) is 28.8 Å². The molecule has 1 aromatic rings. The molecule has 2 saturated heterocycles. The maximum absolute atomic E-state index is 12.4. The van der Waals surface area contributed by atoms with Gasteiger partial charge in [0.15, 0.2) is 0 Å². The number of benzene rings is 1. The Bertz CT molecular complexity index is 577. The number of rotatable bonds is 3. The van der Waals surface area contributed by atoms with E-state index in [2.05, 4.69) is 22.2 Å². The zero-order valence-electron chi connectivity index (χ0n) is 14.0. The molecule has 5 heteroatoms. The molecule has 126 valence electrons. The van der Waals surface area contributed by atoms with Crippen LogP contribution in [0.4, 0.5) is 5.69 Å². The number of piperidine rings is 2. The summed E-state index contributed by atoms with van der Waals surface area (Å²) >= 11 is 6.11. The molecule has 2 atom stereocenters. The van der Waals surface area contributed by atoms with E-state index in [0.717, 1.165) is 24.3 Å². The highest BCUT2D eigenvalue weighted by Gasteiger charge is 2.34. The van der Waals surface area contributed by atoms with Crippen molar-refractivity contribution in [2.24, 2.45) is 5.92 Å². The van der Waals surface area contributed by atoms with Gasteiger partial charge in [0.05, 0.1) is 6.54 Å². The molecule has 2 aliphatic heterocycles. The maximum Gasteiger partial charge on any atom is 0.238 e. The molecule has 0 aliphatic carbocycles. The van der Waals surface area contributed by atoms with E-state index in [1.165, 1.54) is 25.8 Å². The molecule has 0 saturated carbocycles. The predicted octanol–water partition coefficient (Wildman–Crippen LogP) is 3.00. The van der Waals surface area contributed by atoms with E-state index in [0.29, 0.717) is 23.5 Å². The number of hydrogen-bond donors (Lipinski definition) is 1. The second-order valence-electron chi connectivity index (χ2n) is 6.93. The lowest BCUT2D eigenvalue weighted by molar-refractivity contribution is -0.118. The quantitative estimate of drug-likeness (QED) is 0.922. The van der Waals surface area contributed by atoms with Crippen LogP contribution in [0.5, 0.6) is 0 Å². The van der Waals surface area contributed by atoms with Gasteiger partial charge in [-0.1, -0.05) is 17.7 Å². The third-order valence-electron chi connectivity index (χ3n) is 5.34. The lowest BCUT2D eigenvalue weighted by Crippen LogP contribution is -2.53. The van der Waals surface area contributed by atoms with Gasteiger partial charge < -0.3 is 10.2 Å². The molecule has 23 heavy (non-hydrogen) atoms. The van der Waals surface area contributed by atoms with Crippen molar-refractivity contribution < 1.29 is 4.79 Å². The Hall–Kier alpha value is -1.10. The normalized spacial score (nSPS) is 25.9. The summed E-state index contributed by atoms with van der Waals surface area (Å²) in [5.41, 5.74) is 1.74. The zero-order chi connectivity index (χ0) is 16.4. The molecular formula is C18H26ClN3O. The van der Waals surface area contributed by atoms with E-state index >= 15 is 0 Å². The van der Waals surface area contributed by atoms with Gasteiger partial charge in [0.2, 0.25) is 5.91 Å². The summed E-state index contributed by atoms with van der Waals surface area (Å²) in [6.45, 7) is 5.67. The topological polar surface area (TPSA) is 35.6 Å². The Kier molecular flexibility index (Phi) is 5.24. The maximum atomic E-state index is 12.4. The first-order valence-corrected chi connectivity index (χ1v) is 8.90. The number of amides is 1. The van der Waals surface area contributed by atoms with E-state index in [-0.39, 0.29) is 5.91 Å². The molecule has 0 radical (unpaired) electrons. The van der Waals surface area contributed by atoms with Crippen molar-refractivity contribution in [3.63, 3.8) is 0 Å². The number of anilines is 1. The third kappa shape index (κ3) is 3.87. The van der Waals surface area contributed by atoms with Crippen LogP contribution >= 0.6 is 11.6 Å². The number of halogens is 1. The third-order valence-corrected chi connectivity index (χ3v) is 5.75. The SMILES string of the molecule is Cc1c(Cl)cccc1NC(=O)CN1CC[C@@H]2[C@H](CCCN2C)C1. The summed E-state index contributed by atoms with van der Waals surface area (Å²) in [5.74, 6) is 0.765. The Morgan fingerprint density at radius 3 is 3.00 bits per heavy atom. The van der Waals surface area contributed by atoms with Crippen molar-refractivity contribution in [1.29, 1.82) is 0 Å². The van der Waals surface area contributed by atoms with Crippen LogP contribution in [0, 0.1) is 12.8 Å². The van der Waals surface area contributed by atoms with Gasteiger partial charge >= 0.3 is 0 Å². The van der Waals surface area contributed by atoms with Crippen LogP contribution in [0.15, 0.2) is 18.2 Å². The van der Waals surface area contributed by atoms with Crippen molar-refractivity contribution in [2.45, 2.75) is 32.2 Å². The van der Waals surface area contributed by atoms with Crippen LogP contribution in [-0.4, -0.2) is 55.0 Å². The smallest absolute Gasteiger partial charge is 0.238 e. The van der Waals surface area contributed by atoms with Gasteiger partial charge in [-0.2, -0.15) is 0 Å². The van der Waals surface area contributed by atoms with Crippen LogP contribution < -0.4 is 5.32 Å². The minimum atomic E-state index is 0.0537. The predicted molar refractivity (Wildman–Crippen MR) is 95.0 cm³/mol. The minimum absolute atomic E-state index is 0.0537. The monoisotopic (exact) mass is 335 g/mol. The molecule has 2 aliphatic rings. The molecule has 2 fully saturated rings. The first-order chi connectivity index (χ1) is 11.0. The average molecular weight is 336 g/mol. The zero-order valence-corrected chi connectivity index (χ0v) is 14.8. The van der Waals surface area contributed by atoms with Gasteiger partial charge in [-0.15, -0.1) is 0 Å². The van der Waals surface area contributed by atoms with Crippen LogP contribution in [0.3, 0.4) is 0 Å². The highest BCUT2D eigenvalue weighted by molar-refractivity contribution is 6.31. The number of hydrogen-bond acceptors (Lipinski definition) is 3. The van der Waals surface area contributed by atoms with Crippen LogP contribution in [0.25, 0.3) is 0 Å². The molecule has 0 unspecified atom stereocenters. The molecule has 0 bridgehead atoms. The van der Waals surface area contributed by atoms with Crippen molar-refractivity contribution in [3.8, 4) is 0 Å². The molecule has 3 rings (SSSR count). The summed E-state index contributed by atoms with van der Waals surface area (Å²) in [6.07, 6.45) is 3.74. The standard InChI is InChI=1S/C18H26ClN3O/c1-13-15(19)6-3-7-16(13)20-18(23)12-22-10-8-17-14(11-22)5-4-9-21(17)2/h3,6-7,14,17H,4-5,8-12H2,1-2H3,(H,20,23)/t14-,17-/m1/s1. The number of carbonyl (C=O) groups excluding carboxylic acids is 1. The fraction of sp³-hybridized carbons (Fsp3) is 0.611. The second kappa shape index (κ2) is 7.20. The van der Waals surface area contributed by atoms with E-state index in [9.17, 15) is 4.79 Å². The Labute approximate surface area is 143 Å². The molecule has 2 heterocycles. The van der Waals surface area contributed by atoms with Gasteiger partial charge in [0.1, 0.15) is 0 Å². The molecule has 0 spiro atoms. The summed E-state index contributed by atoms with van der Waals surface area (Å²) < 4.78 is 0. The van der Waals surface area contributed by atoms with Gasteiger partial charge in [0.25, 0.3) is 0 Å². The van der Waals surface area contributed by atoms with Crippen LogP contribution in [-0.2, 0) is 4.79 Å². The van der Waals surface area contributed by atoms with E-state index in [4.69, 9.17) is 11.6 Å². The lowest BCUT2D eigenvalue weighted by Gasteiger charge is -2.45. The van der Waals surface area contributed by atoms with E-state index in [1.54, 1.807) is 0 Å². The molecule has 1 N–H and O–H groups in total. The Balaban J connectivity index is 1.55. The fourth-order valence-electron chi connectivity index (χ4n) is 4.01. The number of fused-ring (bicyclic) bond motifs is 1. The summed E-state index contributed by atoms with van der Waals surface area (Å²) in [5, 5.41) is 3.69. The van der Waals surface area contributed by atoms with Crippen molar-refractivity contribution in [1.82, 2.24) is 9.80 Å². The van der Waals surface area contributed by atoms with Gasteiger partial charge in [-0.05, 0) is 63.4 Å². The lowest BCUT2D eigenvalue weighted by atomic mass is 9.84. The Morgan fingerprint density at radius 1 is 1.35 bits per heavy atom. The summed E-state index contributed by atoms with van der Waals surface area (Å²) in [6, 6.07) is 6.32. The molecule has 0 aromatic heterocycles. The minimum Gasteiger partial charge on any atom is -0.325 e. The molecular weight excluding hydrogens is 310 g/mol. The van der Waals surface area contributed by atoms with Gasteiger partial charge in [-0.3, -0.25) is 9.69 Å². The highest BCUT2D eigenvalue weighted by atomic mass is 35.5. The molecule has 4 nitrogen and oxygen atoms in total. The van der Waals surface area contributed by atoms with E-state index < -0.39 is 0 Å². The number of nitrogens with one attached hydrogen (secondary N) is 1. The number of carbonyl (C=O) groups is 1. The Morgan fingerprint density at radius 2 is 2.17 bits per heavy atom. The first kappa shape index (κ1) is 16.7. The van der Waals surface area contributed by atoms with E-state index in [1.807, 2.05) is 25.1 Å². The van der Waals surface area contributed by atoms with Crippen molar-refractivity contribution >= 4 is 23.2 Å². The van der Waals surface area contributed by atoms with Gasteiger partial charge in [-0.25, -0.2) is 0 Å². The van der Waals surface area contributed by atoms with Gasteiger partial charge in [0, 0.05) is 29.8 Å². The number of nitrogens with zero attached hydrogens (tertiary/aromatic N) is 2. The molecule has 1 amide bonds. The summed E-state index contributed by atoms with van der Waals surface area (Å²) in [4.78, 5) is 17.2. The molecule has 1 aromatic carbocycles. The highest BCUT2D eigenvalue weighted by Crippen LogP contribution is 2.29. The van der Waals surface area contributed by atoms with Crippen LogP contribution in [0.1, 0.15) is 24.8 Å². The van der Waals surface area contributed by atoms with Crippen molar-refractivity contribution in [2.75, 3.05) is 38.5 Å². The largest absolute Gasteiger partial charge is 0.325 e. The van der Waals surface area contributed by atoms with Crippen LogP contribution in [0.2, 0.25) is 5.02 Å². The second-order valence-corrected chi connectivity index (χ2v) is 7.34.